The van der Waals surface area contributed by atoms with Gasteiger partial charge in [0.2, 0.25) is 5.91 Å². The molecule has 1 unspecified atom stereocenters. The number of amides is 1. The van der Waals surface area contributed by atoms with Crippen LogP contribution < -0.4 is 10.6 Å². The summed E-state index contributed by atoms with van der Waals surface area (Å²) in [4.78, 5) is 34.7. The summed E-state index contributed by atoms with van der Waals surface area (Å²) in [5.74, 6) is -0.915. The highest BCUT2D eigenvalue weighted by atomic mass is 16.5. The van der Waals surface area contributed by atoms with E-state index in [1.165, 1.54) is 14.2 Å². The minimum absolute atomic E-state index is 0.220. The van der Waals surface area contributed by atoms with Gasteiger partial charge in [0.15, 0.2) is 0 Å². The van der Waals surface area contributed by atoms with Gasteiger partial charge in [0.25, 0.3) is 0 Å². The third-order valence-corrected chi connectivity index (χ3v) is 3.66. The molecule has 0 saturated carbocycles. The first-order valence-electron chi connectivity index (χ1n) is 7.21. The highest BCUT2D eigenvalue weighted by Crippen LogP contribution is 2.17. The van der Waals surface area contributed by atoms with Crippen molar-refractivity contribution in [2.75, 3.05) is 27.3 Å². The Kier molecular flexibility index (Phi) is 7.74. The normalized spacial score (nSPS) is 16.9. The zero-order chi connectivity index (χ0) is 15.7. The molecule has 1 fully saturated rings. The molecular formula is C14H24N2O5. The second-order valence-electron chi connectivity index (χ2n) is 5.16. The van der Waals surface area contributed by atoms with Gasteiger partial charge >= 0.3 is 11.9 Å². The summed E-state index contributed by atoms with van der Waals surface area (Å²) in [6.45, 7) is 1.97. The molecule has 1 rings (SSSR count). The predicted molar refractivity (Wildman–Crippen MR) is 75.4 cm³/mol. The molecule has 0 aliphatic carbocycles. The first-order chi connectivity index (χ1) is 10.1. The topological polar surface area (TPSA) is 93.7 Å². The molecule has 0 spiro atoms. The van der Waals surface area contributed by atoms with E-state index in [9.17, 15) is 14.4 Å². The summed E-state index contributed by atoms with van der Waals surface area (Å²) in [6, 6.07) is -0.983. The fourth-order valence-corrected chi connectivity index (χ4v) is 2.36. The maximum absolute atomic E-state index is 11.9. The van der Waals surface area contributed by atoms with Crippen LogP contribution in [0.3, 0.4) is 0 Å². The molecule has 21 heavy (non-hydrogen) atoms. The van der Waals surface area contributed by atoms with E-state index in [0.29, 0.717) is 12.3 Å². The van der Waals surface area contributed by atoms with Gasteiger partial charge < -0.3 is 20.1 Å². The molecule has 1 saturated heterocycles. The first-order valence-corrected chi connectivity index (χ1v) is 7.21. The monoisotopic (exact) mass is 300 g/mol. The van der Waals surface area contributed by atoms with Gasteiger partial charge in [0.05, 0.1) is 20.6 Å². The summed E-state index contributed by atoms with van der Waals surface area (Å²) in [6.07, 6.45) is 3.05. The van der Waals surface area contributed by atoms with E-state index >= 15 is 0 Å². The van der Waals surface area contributed by atoms with E-state index in [1.54, 1.807) is 0 Å². The van der Waals surface area contributed by atoms with Crippen molar-refractivity contribution < 1.29 is 23.9 Å². The Morgan fingerprint density at radius 2 is 1.86 bits per heavy atom. The van der Waals surface area contributed by atoms with Crippen molar-refractivity contribution in [1.82, 2.24) is 10.6 Å². The third-order valence-electron chi connectivity index (χ3n) is 3.66. The average molecular weight is 300 g/mol. The molecule has 0 aromatic carbocycles. The number of esters is 2. The molecule has 1 heterocycles. The van der Waals surface area contributed by atoms with E-state index in [2.05, 4.69) is 20.1 Å². The van der Waals surface area contributed by atoms with Gasteiger partial charge in [0, 0.05) is 6.42 Å². The van der Waals surface area contributed by atoms with E-state index in [0.717, 1.165) is 32.4 Å². The maximum atomic E-state index is 11.9. The van der Waals surface area contributed by atoms with Gasteiger partial charge in [-0.25, -0.2) is 4.79 Å². The molecule has 120 valence electrons. The van der Waals surface area contributed by atoms with Crippen LogP contribution in [-0.4, -0.2) is 51.2 Å². The minimum atomic E-state index is -0.983. The molecular weight excluding hydrogens is 276 g/mol. The van der Waals surface area contributed by atoms with Crippen LogP contribution in [0.5, 0.6) is 0 Å². The summed E-state index contributed by atoms with van der Waals surface area (Å²) in [5.41, 5.74) is 0. The van der Waals surface area contributed by atoms with Crippen LogP contribution in [0.2, 0.25) is 0 Å². The Bertz CT molecular complexity index is 366. The van der Waals surface area contributed by atoms with Gasteiger partial charge in [-0.1, -0.05) is 0 Å². The zero-order valence-electron chi connectivity index (χ0n) is 12.6. The molecule has 7 nitrogen and oxygen atoms in total. The van der Waals surface area contributed by atoms with Crippen LogP contribution in [0.15, 0.2) is 0 Å². The van der Waals surface area contributed by atoms with Crippen molar-refractivity contribution in [1.29, 1.82) is 0 Å². The smallest absolute Gasteiger partial charge is 0.328 e. The van der Waals surface area contributed by atoms with Crippen molar-refractivity contribution in [3.63, 3.8) is 0 Å². The number of ether oxygens (including phenoxy) is 2. The second kappa shape index (κ2) is 9.33. The maximum Gasteiger partial charge on any atom is 0.328 e. The Hall–Kier alpha value is -1.63. The molecule has 0 aromatic rings. The Labute approximate surface area is 124 Å². The lowest BCUT2D eigenvalue weighted by Crippen LogP contribution is -2.43. The van der Waals surface area contributed by atoms with Crippen LogP contribution in [0.4, 0.5) is 0 Å². The van der Waals surface area contributed by atoms with Gasteiger partial charge in [-0.05, 0) is 38.3 Å². The van der Waals surface area contributed by atoms with E-state index < -0.39 is 18.0 Å². The predicted octanol–water partition coefficient (Wildman–Crippen LogP) is -0.0129. The van der Waals surface area contributed by atoms with Crippen LogP contribution in [0.1, 0.15) is 32.1 Å². The Morgan fingerprint density at radius 3 is 2.43 bits per heavy atom. The van der Waals surface area contributed by atoms with Crippen LogP contribution in [-0.2, 0) is 23.9 Å². The minimum Gasteiger partial charge on any atom is -0.469 e. The van der Waals surface area contributed by atoms with Gasteiger partial charge in [-0.15, -0.1) is 0 Å². The zero-order valence-corrected chi connectivity index (χ0v) is 12.6. The summed E-state index contributed by atoms with van der Waals surface area (Å²) in [7, 11) is 2.45. The van der Waals surface area contributed by atoms with Crippen molar-refractivity contribution >= 4 is 17.8 Å². The molecule has 1 amide bonds. The molecule has 0 radical (unpaired) electrons. The number of nitrogens with one attached hydrogen (secondary N) is 2. The molecule has 0 bridgehead atoms. The summed E-state index contributed by atoms with van der Waals surface area (Å²) >= 11 is 0. The highest BCUT2D eigenvalue weighted by Gasteiger charge is 2.25. The third kappa shape index (κ3) is 6.57. The standard InChI is InChI=1S/C14H24N2O5/c1-20-13(18)9-11(14(19)21-2)16-12(17)4-3-10-5-7-15-8-6-10/h10-11,15H,3-9H2,1-2H3,(H,16,17). The van der Waals surface area contributed by atoms with Crippen molar-refractivity contribution in [2.24, 2.45) is 5.92 Å². The van der Waals surface area contributed by atoms with Gasteiger partial charge in [-0.3, -0.25) is 9.59 Å². The number of piperidine rings is 1. The van der Waals surface area contributed by atoms with E-state index in [-0.39, 0.29) is 12.3 Å². The number of carbonyl (C=O) groups excluding carboxylic acids is 3. The quantitative estimate of drug-likeness (QED) is 0.642. The number of hydrogen-bond acceptors (Lipinski definition) is 6. The summed E-state index contributed by atoms with van der Waals surface area (Å²) < 4.78 is 9.09. The molecule has 1 aliphatic rings. The van der Waals surface area contributed by atoms with Gasteiger partial charge in [0.1, 0.15) is 6.04 Å². The number of rotatable bonds is 7. The van der Waals surface area contributed by atoms with Crippen molar-refractivity contribution in [3.05, 3.63) is 0 Å². The number of hydrogen-bond donors (Lipinski definition) is 2. The number of methoxy groups -OCH3 is 2. The van der Waals surface area contributed by atoms with Crippen LogP contribution in [0.25, 0.3) is 0 Å². The highest BCUT2D eigenvalue weighted by molar-refractivity contribution is 5.87. The lowest BCUT2D eigenvalue weighted by molar-refractivity contribution is -0.150. The molecule has 1 atom stereocenters. The number of carbonyl (C=O) groups is 3. The first kappa shape index (κ1) is 17.4. The Balaban J connectivity index is 2.39. The largest absolute Gasteiger partial charge is 0.469 e. The fraction of sp³-hybridized carbons (Fsp3) is 0.786. The summed E-state index contributed by atoms with van der Waals surface area (Å²) in [5, 5.41) is 5.81. The SMILES string of the molecule is COC(=O)CC(NC(=O)CCC1CCNCC1)C(=O)OC. The second-order valence-corrected chi connectivity index (χ2v) is 5.16. The van der Waals surface area contributed by atoms with Crippen molar-refractivity contribution in [2.45, 2.75) is 38.1 Å². The molecule has 0 aromatic heterocycles. The van der Waals surface area contributed by atoms with Crippen LogP contribution >= 0.6 is 0 Å². The molecule has 1 aliphatic heterocycles. The molecule has 2 N–H and O–H groups in total. The lowest BCUT2D eigenvalue weighted by Gasteiger charge is -2.22. The van der Waals surface area contributed by atoms with Crippen LogP contribution in [0, 0.1) is 5.92 Å². The van der Waals surface area contributed by atoms with Crippen molar-refractivity contribution in [3.8, 4) is 0 Å². The Morgan fingerprint density at radius 1 is 1.19 bits per heavy atom. The lowest BCUT2D eigenvalue weighted by atomic mass is 9.93. The van der Waals surface area contributed by atoms with E-state index in [1.807, 2.05) is 0 Å². The van der Waals surface area contributed by atoms with Gasteiger partial charge in [-0.2, -0.15) is 0 Å². The fourth-order valence-electron chi connectivity index (χ4n) is 2.36. The van der Waals surface area contributed by atoms with E-state index in [4.69, 9.17) is 0 Å². The average Bonchev–Trinajstić information content (AvgIpc) is 2.52. The molecule has 7 heteroatoms.